The van der Waals surface area contributed by atoms with E-state index in [9.17, 15) is 4.79 Å². The average molecular weight is 319 g/mol. The first-order chi connectivity index (χ1) is 10.8. The number of carbonyl (C=O) groups is 1. The highest BCUT2D eigenvalue weighted by molar-refractivity contribution is 5.65. The number of nitrogen functional groups attached to an aromatic ring is 1. The van der Waals surface area contributed by atoms with E-state index in [1.165, 1.54) is 24.9 Å². The summed E-state index contributed by atoms with van der Waals surface area (Å²) in [4.78, 5) is 13.5. The summed E-state index contributed by atoms with van der Waals surface area (Å²) in [6.07, 6.45) is 2.97. The molecule has 1 saturated heterocycles. The summed E-state index contributed by atoms with van der Waals surface area (Å²) in [7, 11) is 0. The summed E-state index contributed by atoms with van der Waals surface area (Å²) >= 11 is 0. The molecule has 0 aliphatic carbocycles. The fraction of sp³-hybridized carbons (Fsp3) is 0.611. The maximum absolute atomic E-state index is 11.1. The van der Waals surface area contributed by atoms with E-state index >= 15 is 0 Å². The van der Waals surface area contributed by atoms with Gasteiger partial charge in [0.05, 0.1) is 0 Å². The number of nitrogens with two attached hydrogens (primary N) is 2. The fourth-order valence-electron chi connectivity index (χ4n) is 3.25. The van der Waals surface area contributed by atoms with E-state index in [1.54, 1.807) is 0 Å². The summed E-state index contributed by atoms with van der Waals surface area (Å²) in [6.45, 7) is 8.82. The molecule has 1 amide bonds. The monoisotopic (exact) mass is 319 g/mol. The van der Waals surface area contributed by atoms with Crippen molar-refractivity contribution in [3.05, 3.63) is 23.8 Å². The Kier molecular flexibility index (Phi) is 5.39. The quantitative estimate of drug-likeness (QED) is 0.832. The molecule has 1 heterocycles. The Hall–Kier alpha value is -1.91. The summed E-state index contributed by atoms with van der Waals surface area (Å²) in [5, 5.41) is 0. The highest BCUT2D eigenvalue weighted by Gasteiger charge is 2.31. The van der Waals surface area contributed by atoms with Crippen molar-refractivity contribution in [2.75, 3.05) is 30.3 Å². The van der Waals surface area contributed by atoms with E-state index in [2.05, 4.69) is 31.7 Å². The molecule has 128 valence electrons. The lowest BCUT2D eigenvalue weighted by atomic mass is 9.76. The standard InChI is InChI=1S/C18H29N3O2/c1-18(2,3)15(12-23-17(20)22)14-11-13(19)7-8-16(14)21-9-5-4-6-10-21/h7-8,11,15H,4-6,9-10,12,19H2,1-3H3,(H2,20,22). The zero-order valence-electron chi connectivity index (χ0n) is 14.5. The molecule has 5 nitrogen and oxygen atoms in total. The second-order valence-corrected chi connectivity index (χ2v) is 7.41. The van der Waals surface area contributed by atoms with Gasteiger partial charge in [0.15, 0.2) is 0 Å². The van der Waals surface area contributed by atoms with Gasteiger partial charge >= 0.3 is 6.09 Å². The Balaban J connectivity index is 2.39. The van der Waals surface area contributed by atoms with Crippen molar-refractivity contribution in [1.29, 1.82) is 0 Å². The van der Waals surface area contributed by atoms with Crippen LogP contribution >= 0.6 is 0 Å². The van der Waals surface area contributed by atoms with Gasteiger partial charge in [-0.3, -0.25) is 0 Å². The lowest BCUT2D eigenvalue weighted by Gasteiger charge is -2.36. The Bertz CT molecular complexity index is 546. The Morgan fingerprint density at radius 3 is 2.48 bits per heavy atom. The van der Waals surface area contributed by atoms with Crippen molar-refractivity contribution in [3.63, 3.8) is 0 Å². The van der Waals surface area contributed by atoms with Crippen LogP contribution in [-0.2, 0) is 4.74 Å². The number of hydrogen-bond acceptors (Lipinski definition) is 4. The van der Waals surface area contributed by atoms with Gasteiger partial charge in [-0.1, -0.05) is 20.8 Å². The number of rotatable bonds is 4. The SMILES string of the molecule is CC(C)(C)C(COC(N)=O)c1cc(N)ccc1N1CCCCC1. The Labute approximate surface area is 139 Å². The number of anilines is 2. The highest BCUT2D eigenvalue weighted by Crippen LogP contribution is 2.41. The van der Waals surface area contributed by atoms with E-state index in [4.69, 9.17) is 16.2 Å². The van der Waals surface area contributed by atoms with Crippen molar-refractivity contribution in [1.82, 2.24) is 0 Å². The average Bonchev–Trinajstić information content (AvgIpc) is 2.47. The molecular formula is C18H29N3O2. The molecule has 23 heavy (non-hydrogen) atoms. The summed E-state index contributed by atoms with van der Waals surface area (Å²) < 4.78 is 5.15. The normalized spacial score (nSPS) is 16.9. The number of carbonyl (C=O) groups excluding carboxylic acids is 1. The minimum Gasteiger partial charge on any atom is -0.449 e. The van der Waals surface area contributed by atoms with Crippen LogP contribution in [-0.4, -0.2) is 25.8 Å². The van der Waals surface area contributed by atoms with Gasteiger partial charge < -0.3 is 21.1 Å². The van der Waals surface area contributed by atoms with E-state index in [-0.39, 0.29) is 17.9 Å². The van der Waals surface area contributed by atoms with E-state index < -0.39 is 6.09 Å². The van der Waals surface area contributed by atoms with Gasteiger partial charge in [0.1, 0.15) is 6.61 Å². The second kappa shape index (κ2) is 7.11. The largest absolute Gasteiger partial charge is 0.449 e. The molecule has 1 unspecified atom stereocenters. The molecule has 0 spiro atoms. The smallest absolute Gasteiger partial charge is 0.404 e. The van der Waals surface area contributed by atoms with Crippen LogP contribution in [0.2, 0.25) is 0 Å². The van der Waals surface area contributed by atoms with Gasteiger partial charge in [-0.25, -0.2) is 4.79 Å². The Morgan fingerprint density at radius 2 is 1.91 bits per heavy atom. The van der Waals surface area contributed by atoms with Crippen molar-refractivity contribution in [2.24, 2.45) is 11.1 Å². The van der Waals surface area contributed by atoms with E-state index in [0.717, 1.165) is 24.3 Å². The predicted molar refractivity (Wildman–Crippen MR) is 94.6 cm³/mol. The molecular weight excluding hydrogens is 290 g/mol. The lowest BCUT2D eigenvalue weighted by molar-refractivity contribution is 0.126. The van der Waals surface area contributed by atoms with Gasteiger partial charge in [0.25, 0.3) is 0 Å². The number of amides is 1. The number of ether oxygens (including phenoxy) is 1. The molecule has 5 heteroatoms. The van der Waals surface area contributed by atoms with Crippen molar-refractivity contribution >= 4 is 17.5 Å². The van der Waals surface area contributed by atoms with Gasteiger partial charge in [-0.05, 0) is 48.4 Å². The number of primary amides is 1. The molecule has 2 rings (SSSR count). The van der Waals surface area contributed by atoms with Crippen LogP contribution in [0.5, 0.6) is 0 Å². The van der Waals surface area contributed by atoms with Crippen LogP contribution in [0.15, 0.2) is 18.2 Å². The summed E-state index contributed by atoms with van der Waals surface area (Å²) in [5.74, 6) is 0.0374. The van der Waals surface area contributed by atoms with Crippen LogP contribution < -0.4 is 16.4 Å². The van der Waals surface area contributed by atoms with Gasteiger partial charge in [-0.2, -0.15) is 0 Å². The van der Waals surface area contributed by atoms with Crippen LogP contribution in [0.3, 0.4) is 0 Å². The third kappa shape index (κ3) is 4.53. The van der Waals surface area contributed by atoms with E-state index in [0.29, 0.717) is 0 Å². The fourth-order valence-corrected chi connectivity index (χ4v) is 3.25. The van der Waals surface area contributed by atoms with Gasteiger partial charge in [0.2, 0.25) is 0 Å². The number of benzene rings is 1. The molecule has 1 aromatic rings. The molecule has 1 aliphatic rings. The zero-order valence-corrected chi connectivity index (χ0v) is 14.5. The van der Waals surface area contributed by atoms with Crippen molar-refractivity contribution < 1.29 is 9.53 Å². The molecule has 1 fully saturated rings. The third-order valence-corrected chi connectivity index (χ3v) is 4.56. The molecule has 1 aliphatic heterocycles. The van der Waals surface area contributed by atoms with Gasteiger partial charge in [0, 0.05) is 30.4 Å². The van der Waals surface area contributed by atoms with E-state index in [1.807, 2.05) is 12.1 Å². The summed E-state index contributed by atoms with van der Waals surface area (Å²) in [6, 6.07) is 6.06. The molecule has 4 N–H and O–H groups in total. The molecule has 0 bridgehead atoms. The van der Waals surface area contributed by atoms with Crippen LogP contribution in [0.25, 0.3) is 0 Å². The van der Waals surface area contributed by atoms with Crippen LogP contribution in [0.4, 0.5) is 16.2 Å². The number of piperidine rings is 1. The van der Waals surface area contributed by atoms with Crippen molar-refractivity contribution in [2.45, 2.75) is 46.0 Å². The molecule has 0 radical (unpaired) electrons. The van der Waals surface area contributed by atoms with Gasteiger partial charge in [-0.15, -0.1) is 0 Å². The number of nitrogens with zero attached hydrogens (tertiary/aromatic N) is 1. The molecule has 0 saturated carbocycles. The summed E-state index contributed by atoms with van der Waals surface area (Å²) in [5.41, 5.74) is 14.2. The first kappa shape index (κ1) is 17.4. The number of hydrogen-bond donors (Lipinski definition) is 2. The van der Waals surface area contributed by atoms with Crippen LogP contribution in [0.1, 0.15) is 51.5 Å². The minimum atomic E-state index is -0.734. The Morgan fingerprint density at radius 1 is 1.26 bits per heavy atom. The first-order valence-electron chi connectivity index (χ1n) is 8.35. The predicted octanol–water partition coefficient (Wildman–Crippen LogP) is 3.48. The van der Waals surface area contributed by atoms with Crippen molar-refractivity contribution in [3.8, 4) is 0 Å². The first-order valence-corrected chi connectivity index (χ1v) is 8.35. The topological polar surface area (TPSA) is 81.6 Å². The molecule has 1 aromatic carbocycles. The molecule has 0 aromatic heterocycles. The maximum atomic E-state index is 11.1. The zero-order chi connectivity index (χ0) is 17.0. The van der Waals surface area contributed by atoms with Crippen LogP contribution in [0, 0.1) is 5.41 Å². The molecule has 1 atom stereocenters. The maximum Gasteiger partial charge on any atom is 0.404 e. The minimum absolute atomic E-state index is 0.0374. The lowest BCUT2D eigenvalue weighted by Crippen LogP contribution is -2.33. The third-order valence-electron chi connectivity index (χ3n) is 4.56. The highest BCUT2D eigenvalue weighted by atomic mass is 16.5. The second-order valence-electron chi connectivity index (χ2n) is 7.41.